The lowest BCUT2D eigenvalue weighted by Gasteiger charge is -2.42. The monoisotopic (exact) mass is 791 g/mol. The number of carbonyl (C=O) groups excluding carboxylic acids is 1. The van der Waals surface area contributed by atoms with Crippen LogP contribution in [0.15, 0.2) is 121 Å². The predicted molar refractivity (Wildman–Crippen MR) is 225 cm³/mol. The smallest absolute Gasteiger partial charge is 0.319 e. The van der Waals surface area contributed by atoms with E-state index in [0.29, 0.717) is 37.7 Å². The molecule has 0 spiro atoms. The number of carbonyl (C=O) groups is 1. The molecule has 0 bridgehead atoms. The molecule has 5 aromatic rings. The lowest BCUT2D eigenvalue weighted by molar-refractivity contribution is 0.106. The first-order valence-corrected chi connectivity index (χ1v) is 21.6. The van der Waals surface area contributed by atoms with Crippen molar-refractivity contribution in [2.24, 2.45) is 0 Å². The average molecular weight is 792 g/mol. The molecule has 57 heavy (non-hydrogen) atoms. The van der Waals surface area contributed by atoms with E-state index < -0.39 is 26.1 Å². The summed E-state index contributed by atoms with van der Waals surface area (Å²) >= 11 is 0. The van der Waals surface area contributed by atoms with Gasteiger partial charge in [-0.2, -0.15) is 0 Å². The molecule has 299 valence electrons. The first kappa shape index (κ1) is 41.4. The Morgan fingerprint density at radius 1 is 0.912 bits per heavy atom. The Hall–Kier alpha value is -5.23. The molecule has 1 saturated heterocycles. The molecule has 1 atom stereocenters. The van der Waals surface area contributed by atoms with Crippen LogP contribution in [0, 0.1) is 17.7 Å². The summed E-state index contributed by atoms with van der Waals surface area (Å²) < 4.78 is 40.3. The second-order valence-electron chi connectivity index (χ2n) is 15.6. The first-order valence-electron chi connectivity index (χ1n) is 19.7. The van der Waals surface area contributed by atoms with Crippen molar-refractivity contribution in [3.8, 4) is 11.5 Å². The number of ether oxygens (including phenoxy) is 1. The zero-order valence-corrected chi connectivity index (χ0v) is 33.9. The first-order chi connectivity index (χ1) is 27.5. The maximum Gasteiger partial charge on any atom is 0.319 e. The highest BCUT2D eigenvalue weighted by Gasteiger charge is 2.52. The molecular formula is C46H53F2N4O4Si. The molecule has 0 aromatic heterocycles. The van der Waals surface area contributed by atoms with Crippen LogP contribution in [-0.4, -0.2) is 69.3 Å². The van der Waals surface area contributed by atoms with Crippen LogP contribution in [0.4, 0.5) is 19.3 Å². The minimum Gasteiger partial charge on any atom is -0.534 e. The average Bonchev–Trinajstić information content (AvgIpc) is 3.22. The van der Waals surface area contributed by atoms with Crippen LogP contribution in [0.5, 0.6) is 11.5 Å². The molecule has 11 heteroatoms. The lowest BCUT2D eigenvalue weighted by Crippen LogP contribution is -2.68. The number of nitrogens with zero attached hydrogens (tertiary/aromatic N) is 1. The number of benzene rings is 5. The largest absolute Gasteiger partial charge is 0.534 e. The molecular weight excluding hydrogens is 739 g/mol. The third-order valence-corrected chi connectivity index (χ3v) is 15.3. The topological polar surface area (TPSA) is 95.1 Å². The minimum absolute atomic E-state index is 0.0611. The van der Waals surface area contributed by atoms with Gasteiger partial charge in [0.15, 0.2) is 0 Å². The van der Waals surface area contributed by atoms with Crippen LogP contribution in [-0.2, 0) is 13.0 Å². The Bertz CT molecular complexity index is 1970. The standard InChI is InChI=1S/C46H53F2N4O4Si/c1-46(2,3)57(42-10-6-4-7-11-42,43-12-8-5-9-13-43)56-41-21-19-40(20-22-41)55-33-39(53)32-49-27-24-34-14-17-37(18-15-34)51-38-25-28-52(29-26-38)45(54)50-31-35-30-36(47)16-23-44(35)48/h4-21,23,30,38-39,49,51,53H,24-29,31-33H2,1-3H3,(H,50,54)/t39-/m1/s1. The highest BCUT2D eigenvalue weighted by molar-refractivity contribution is 7.00. The molecule has 2 amide bonds. The molecule has 1 fully saturated rings. The number of anilines is 1. The molecule has 1 heterocycles. The van der Waals surface area contributed by atoms with Gasteiger partial charge in [-0.05, 0) is 95.3 Å². The second kappa shape index (κ2) is 19.3. The van der Waals surface area contributed by atoms with Gasteiger partial charge in [0.25, 0.3) is 0 Å². The summed E-state index contributed by atoms with van der Waals surface area (Å²) in [5.74, 6) is 0.195. The molecule has 1 aliphatic heterocycles. The lowest BCUT2D eigenvalue weighted by atomic mass is 10.0. The van der Waals surface area contributed by atoms with E-state index in [1.54, 1.807) is 11.0 Å². The Balaban J connectivity index is 0.893. The van der Waals surface area contributed by atoms with Crippen molar-refractivity contribution in [1.29, 1.82) is 0 Å². The van der Waals surface area contributed by atoms with Gasteiger partial charge in [-0.1, -0.05) is 93.6 Å². The molecule has 8 nitrogen and oxygen atoms in total. The zero-order valence-electron chi connectivity index (χ0n) is 32.9. The van der Waals surface area contributed by atoms with Crippen LogP contribution in [0.25, 0.3) is 0 Å². The highest BCUT2D eigenvalue weighted by Crippen LogP contribution is 2.37. The van der Waals surface area contributed by atoms with E-state index >= 15 is 0 Å². The molecule has 0 aliphatic carbocycles. The van der Waals surface area contributed by atoms with Crippen molar-refractivity contribution in [1.82, 2.24) is 15.5 Å². The predicted octanol–water partition coefficient (Wildman–Crippen LogP) is 7.06. The fraction of sp³-hybridized carbons (Fsp3) is 0.326. The number of urea groups is 1. The number of aliphatic hydroxyl groups is 1. The van der Waals surface area contributed by atoms with Crippen LogP contribution < -0.4 is 35.5 Å². The maximum atomic E-state index is 13.9. The number of halogens is 2. The van der Waals surface area contributed by atoms with Gasteiger partial charge in [0.05, 0.1) is 0 Å². The zero-order chi connectivity index (χ0) is 40.3. The summed E-state index contributed by atoms with van der Waals surface area (Å²) in [5, 5.41) is 22.4. The van der Waals surface area contributed by atoms with Gasteiger partial charge in [-0.25, -0.2) is 13.6 Å². The summed E-state index contributed by atoms with van der Waals surface area (Å²) in [6.45, 7) is 9.06. The van der Waals surface area contributed by atoms with Crippen molar-refractivity contribution in [3.05, 3.63) is 150 Å². The SMILES string of the molecule is CC(C)(C)[Si](Oc1[c]cc(OC[C@H](O)CNCCc2ccc(NC3CCN(C(=O)NCc4cc(F)ccc4F)CC3)cc2)cc1)(c1ccccc1)c1ccccc1. The van der Waals surface area contributed by atoms with Crippen molar-refractivity contribution in [2.75, 3.05) is 38.1 Å². The number of piperidine rings is 1. The maximum absolute atomic E-state index is 13.9. The Kier molecular flexibility index (Phi) is 14.0. The van der Waals surface area contributed by atoms with E-state index in [0.717, 1.165) is 43.1 Å². The Morgan fingerprint density at radius 2 is 1.58 bits per heavy atom. The summed E-state index contributed by atoms with van der Waals surface area (Å²) in [5.41, 5.74) is 2.32. The third-order valence-electron chi connectivity index (χ3n) is 10.4. The van der Waals surface area contributed by atoms with E-state index in [4.69, 9.17) is 9.16 Å². The number of hydrogen-bond donors (Lipinski definition) is 4. The molecule has 0 saturated carbocycles. The number of rotatable bonds is 16. The number of amides is 2. The van der Waals surface area contributed by atoms with Crippen molar-refractivity contribution < 1.29 is 27.8 Å². The molecule has 5 aromatic carbocycles. The third kappa shape index (κ3) is 11.0. The van der Waals surface area contributed by atoms with E-state index in [1.807, 2.05) is 24.3 Å². The van der Waals surface area contributed by atoms with Crippen molar-refractivity contribution in [3.63, 3.8) is 0 Å². The molecule has 0 unspecified atom stereocenters. The van der Waals surface area contributed by atoms with E-state index in [1.165, 1.54) is 15.9 Å². The molecule has 6 rings (SSSR count). The van der Waals surface area contributed by atoms with Gasteiger partial charge < -0.3 is 35.1 Å². The molecule has 1 radical (unpaired) electrons. The molecule has 1 aliphatic rings. The minimum atomic E-state index is -2.77. The fourth-order valence-electron chi connectivity index (χ4n) is 7.31. The fourth-order valence-corrected chi connectivity index (χ4v) is 11.7. The Labute approximate surface area is 336 Å². The van der Waals surface area contributed by atoms with Crippen molar-refractivity contribution >= 4 is 30.4 Å². The number of likely N-dealkylation sites (tertiary alicyclic amines) is 1. The normalized spacial score (nSPS) is 14.2. The van der Waals surface area contributed by atoms with Gasteiger partial charge in [0, 0.05) is 49.5 Å². The number of nitrogens with one attached hydrogen (secondary N) is 3. The molecule has 4 N–H and O–H groups in total. The second-order valence-corrected chi connectivity index (χ2v) is 19.8. The van der Waals surface area contributed by atoms with Crippen LogP contribution >= 0.6 is 0 Å². The summed E-state index contributed by atoms with van der Waals surface area (Å²) in [6, 6.07) is 41.3. The summed E-state index contributed by atoms with van der Waals surface area (Å²) in [4.78, 5) is 14.3. The number of aliphatic hydroxyl groups excluding tert-OH is 1. The van der Waals surface area contributed by atoms with Gasteiger partial charge in [-0.3, -0.25) is 0 Å². The van der Waals surface area contributed by atoms with Crippen LogP contribution in [0.1, 0.15) is 44.7 Å². The van der Waals surface area contributed by atoms with Crippen molar-refractivity contribution in [2.45, 2.75) is 63.8 Å². The van der Waals surface area contributed by atoms with E-state index in [9.17, 15) is 18.7 Å². The quantitative estimate of drug-likeness (QED) is 0.0632. The van der Waals surface area contributed by atoms with Gasteiger partial charge in [0.2, 0.25) is 0 Å². The summed E-state index contributed by atoms with van der Waals surface area (Å²) in [6.07, 6.45) is 1.68. The highest BCUT2D eigenvalue weighted by atomic mass is 28.4. The Morgan fingerprint density at radius 3 is 2.19 bits per heavy atom. The van der Waals surface area contributed by atoms with Gasteiger partial charge in [-0.15, -0.1) is 0 Å². The van der Waals surface area contributed by atoms with Crippen LogP contribution in [0.3, 0.4) is 0 Å². The van der Waals surface area contributed by atoms with E-state index in [-0.39, 0.29) is 35.8 Å². The van der Waals surface area contributed by atoms with Gasteiger partial charge >= 0.3 is 14.3 Å². The number of hydrogen-bond acceptors (Lipinski definition) is 6. The van der Waals surface area contributed by atoms with Crippen LogP contribution in [0.2, 0.25) is 5.04 Å². The van der Waals surface area contributed by atoms with E-state index in [2.05, 4.69) is 116 Å². The van der Waals surface area contributed by atoms with Gasteiger partial charge in [0.1, 0.15) is 35.8 Å². The summed E-state index contributed by atoms with van der Waals surface area (Å²) in [7, 11) is -2.77.